The van der Waals surface area contributed by atoms with Crippen molar-refractivity contribution in [3.05, 3.63) is 82.4 Å². The summed E-state index contributed by atoms with van der Waals surface area (Å²) < 4.78 is 56.2. The Morgan fingerprint density at radius 1 is 0.973 bits per heavy atom. The maximum atomic E-state index is 13.0. The molecule has 0 radical (unpaired) electrons. The summed E-state index contributed by atoms with van der Waals surface area (Å²) >= 11 is 5.73. The van der Waals surface area contributed by atoms with Crippen LogP contribution in [0.4, 0.5) is 18.9 Å². The van der Waals surface area contributed by atoms with Gasteiger partial charge in [-0.05, 0) is 103 Å². The minimum Gasteiger partial charge on any atom is -0.493 e. The van der Waals surface area contributed by atoms with Gasteiger partial charge >= 0.3 is 6.18 Å². The topological polar surface area (TPSA) is 43.0 Å². The molecule has 0 bridgehead atoms. The molecule has 196 valence electrons. The van der Waals surface area contributed by atoms with Gasteiger partial charge in [0, 0.05) is 12.2 Å². The highest BCUT2D eigenvalue weighted by Crippen LogP contribution is 2.39. The summed E-state index contributed by atoms with van der Waals surface area (Å²) in [6.45, 7) is 4.93. The molecule has 0 fully saturated rings. The van der Waals surface area contributed by atoms with Gasteiger partial charge in [0.25, 0.3) is 0 Å². The van der Waals surface area contributed by atoms with Gasteiger partial charge in [0.2, 0.25) is 0 Å². The highest BCUT2D eigenvalue weighted by Gasteiger charge is 2.32. The normalized spacial score (nSPS) is 15.1. The molecule has 0 saturated carbocycles. The average molecular weight is 531 g/mol. The molecule has 4 rings (SSSR count). The van der Waals surface area contributed by atoms with Gasteiger partial charge in [-0.25, -0.2) is 0 Å². The van der Waals surface area contributed by atoms with E-state index in [1.165, 1.54) is 12.1 Å². The zero-order valence-electron chi connectivity index (χ0n) is 21.1. The number of alkyl halides is 3. The van der Waals surface area contributed by atoms with Crippen molar-refractivity contribution in [3.63, 3.8) is 0 Å². The minimum atomic E-state index is -4.40. The first-order valence-electron chi connectivity index (χ1n) is 11.8. The van der Waals surface area contributed by atoms with Crippen molar-refractivity contribution < 1.29 is 27.4 Å². The summed E-state index contributed by atoms with van der Waals surface area (Å²) in [4.78, 5) is 2.00. The molecule has 3 aromatic carbocycles. The van der Waals surface area contributed by atoms with E-state index >= 15 is 0 Å². The van der Waals surface area contributed by atoms with Crippen LogP contribution in [-0.2, 0) is 12.6 Å². The van der Waals surface area contributed by atoms with E-state index < -0.39 is 11.7 Å². The third kappa shape index (κ3) is 6.10. The zero-order valence-corrected chi connectivity index (χ0v) is 21.9. The number of aryl methyl sites for hydroxylation is 2. The quantitative estimate of drug-likeness (QED) is 0.357. The van der Waals surface area contributed by atoms with Crippen molar-refractivity contribution >= 4 is 23.0 Å². The number of nitrogens with one attached hydrogen (secondary N) is 1. The van der Waals surface area contributed by atoms with Crippen molar-refractivity contribution in [3.8, 4) is 17.2 Å². The van der Waals surface area contributed by atoms with Crippen LogP contribution in [0.25, 0.3) is 0 Å². The Morgan fingerprint density at radius 2 is 1.59 bits per heavy atom. The second kappa shape index (κ2) is 10.9. The second-order valence-electron chi connectivity index (χ2n) is 9.00. The molecule has 0 amide bonds. The summed E-state index contributed by atoms with van der Waals surface area (Å²) in [5.74, 6) is 2.00. The average Bonchev–Trinajstić information content (AvgIpc) is 2.85. The number of rotatable bonds is 6. The molecule has 1 heterocycles. The lowest BCUT2D eigenvalue weighted by Gasteiger charge is -2.39. The Kier molecular flexibility index (Phi) is 7.82. The lowest BCUT2D eigenvalue weighted by atomic mass is 9.92. The number of benzene rings is 3. The molecule has 1 atom stereocenters. The number of ether oxygens (including phenoxy) is 3. The lowest BCUT2D eigenvalue weighted by Crippen LogP contribution is -2.44. The summed E-state index contributed by atoms with van der Waals surface area (Å²) in [6.07, 6.45) is -3.70. The third-order valence-electron chi connectivity index (χ3n) is 6.33. The van der Waals surface area contributed by atoms with Crippen molar-refractivity contribution in [1.29, 1.82) is 0 Å². The number of methoxy groups -OCH3 is 2. The van der Waals surface area contributed by atoms with Gasteiger partial charge in [0.05, 0.1) is 25.8 Å². The van der Waals surface area contributed by atoms with Crippen LogP contribution in [0.2, 0.25) is 0 Å². The monoisotopic (exact) mass is 530 g/mol. The smallest absolute Gasteiger partial charge is 0.416 e. The molecule has 1 N–H and O–H groups in total. The van der Waals surface area contributed by atoms with Gasteiger partial charge < -0.3 is 24.4 Å². The molecule has 1 aliphatic rings. The van der Waals surface area contributed by atoms with Gasteiger partial charge in [-0.1, -0.05) is 6.07 Å². The fourth-order valence-corrected chi connectivity index (χ4v) is 4.92. The van der Waals surface area contributed by atoms with E-state index in [9.17, 15) is 13.2 Å². The third-order valence-corrected chi connectivity index (χ3v) is 6.67. The first-order valence-corrected chi connectivity index (χ1v) is 12.2. The maximum absolute atomic E-state index is 13.0. The molecule has 3 aromatic rings. The highest BCUT2D eigenvalue weighted by molar-refractivity contribution is 7.80. The van der Waals surface area contributed by atoms with Crippen LogP contribution >= 0.6 is 12.2 Å². The largest absolute Gasteiger partial charge is 0.493 e. The van der Waals surface area contributed by atoms with Crippen molar-refractivity contribution in [2.24, 2.45) is 0 Å². The van der Waals surface area contributed by atoms with Crippen molar-refractivity contribution in [2.75, 3.05) is 32.7 Å². The molecule has 1 aliphatic heterocycles. The lowest BCUT2D eigenvalue weighted by molar-refractivity contribution is -0.137. The van der Waals surface area contributed by atoms with Gasteiger partial charge in [-0.3, -0.25) is 0 Å². The summed E-state index contributed by atoms with van der Waals surface area (Å²) in [5.41, 5.74) is 4.05. The van der Waals surface area contributed by atoms with E-state index in [1.807, 2.05) is 43.0 Å². The molecule has 5 nitrogen and oxygen atoms in total. The first kappa shape index (κ1) is 26.6. The van der Waals surface area contributed by atoms with Crippen LogP contribution in [0, 0.1) is 13.8 Å². The fraction of sp³-hybridized carbons (Fsp3) is 0.321. The predicted molar refractivity (Wildman–Crippen MR) is 142 cm³/mol. The van der Waals surface area contributed by atoms with Crippen LogP contribution in [-0.4, -0.2) is 37.4 Å². The summed E-state index contributed by atoms with van der Waals surface area (Å²) in [5, 5.41) is 3.49. The number of thiocarbonyl (C=S) groups is 1. The Labute approximate surface area is 220 Å². The molecule has 0 aromatic heterocycles. The van der Waals surface area contributed by atoms with Crippen molar-refractivity contribution in [2.45, 2.75) is 32.5 Å². The second-order valence-corrected chi connectivity index (χ2v) is 9.39. The highest BCUT2D eigenvalue weighted by atomic mass is 32.1. The Balaban J connectivity index is 1.63. The maximum Gasteiger partial charge on any atom is 0.416 e. The summed E-state index contributed by atoms with van der Waals surface area (Å²) in [6, 6.07) is 14.5. The van der Waals surface area contributed by atoms with E-state index in [1.54, 1.807) is 14.2 Å². The van der Waals surface area contributed by atoms with E-state index in [4.69, 9.17) is 26.4 Å². The molecule has 0 saturated heterocycles. The van der Waals surface area contributed by atoms with Crippen LogP contribution in [0.5, 0.6) is 17.2 Å². The molecule has 0 spiro atoms. The molecule has 1 unspecified atom stereocenters. The van der Waals surface area contributed by atoms with Crippen LogP contribution < -0.4 is 19.5 Å². The molecular weight excluding hydrogens is 501 g/mol. The number of hydrogen-bond acceptors (Lipinski definition) is 4. The number of nitrogens with zero attached hydrogens (tertiary/aromatic N) is 1. The SMILES string of the molecule is COc1cc2c(cc1OC)C(COc1cc(C)cc(C)c1)N(C(=S)Nc1ccc(C(F)(F)F)cc1)CC2. The van der Waals surface area contributed by atoms with Gasteiger partial charge in [0.1, 0.15) is 12.4 Å². The predicted octanol–water partition coefficient (Wildman–Crippen LogP) is 6.71. The Hall–Kier alpha value is -3.46. The Bertz CT molecular complexity index is 1260. The number of hydrogen-bond donors (Lipinski definition) is 1. The molecule has 9 heteroatoms. The Morgan fingerprint density at radius 3 is 2.19 bits per heavy atom. The van der Waals surface area contributed by atoms with Gasteiger partial charge in [-0.15, -0.1) is 0 Å². The molecular formula is C28H29F3N2O3S. The van der Waals surface area contributed by atoms with E-state index in [0.717, 1.165) is 40.1 Å². The van der Waals surface area contributed by atoms with Crippen molar-refractivity contribution in [1.82, 2.24) is 4.90 Å². The minimum absolute atomic E-state index is 0.265. The van der Waals surface area contributed by atoms with E-state index in [0.29, 0.717) is 41.9 Å². The van der Waals surface area contributed by atoms with Crippen LogP contribution in [0.3, 0.4) is 0 Å². The number of halogens is 3. The van der Waals surface area contributed by atoms with E-state index in [2.05, 4.69) is 11.4 Å². The zero-order chi connectivity index (χ0) is 26.7. The van der Waals surface area contributed by atoms with Crippen LogP contribution in [0.15, 0.2) is 54.6 Å². The summed E-state index contributed by atoms with van der Waals surface area (Å²) in [7, 11) is 3.19. The van der Waals surface area contributed by atoms with Gasteiger partial charge in [0.15, 0.2) is 16.6 Å². The van der Waals surface area contributed by atoms with Gasteiger partial charge in [-0.2, -0.15) is 13.2 Å². The van der Waals surface area contributed by atoms with Crippen LogP contribution in [0.1, 0.15) is 33.9 Å². The standard InChI is InChI=1S/C28H29F3N2O3S/c1-17-11-18(2)13-22(12-17)36-16-24-23-15-26(35-4)25(34-3)14-19(23)9-10-33(24)27(37)32-21-7-5-20(6-8-21)28(29,30)31/h5-8,11-15,24H,9-10,16H2,1-4H3,(H,32,37). The fourth-order valence-electron chi connectivity index (χ4n) is 4.58. The number of fused-ring (bicyclic) bond motifs is 1. The van der Waals surface area contributed by atoms with E-state index in [-0.39, 0.29) is 6.04 Å². The first-order chi connectivity index (χ1) is 17.6. The number of anilines is 1. The molecule has 0 aliphatic carbocycles. The molecule has 37 heavy (non-hydrogen) atoms.